The van der Waals surface area contributed by atoms with E-state index < -0.39 is 0 Å². The number of hydrogen-bond donors (Lipinski definition) is 0. The van der Waals surface area contributed by atoms with E-state index in [4.69, 9.17) is 4.74 Å². The molecule has 0 saturated carbocycles. The Morgan fingerprint density at radius 2 is 1.75 bits per heavy atom. The van der Waals surface area contributed by atoms with Crippen molar-refractivity contribution in [2.75, 3.05) is 11.9 Å². The monoisotopic (exact) mass is 267 g/mol. The first kappa shape index (κ1) is 12.7. The summed E-state index contributed by atoms with van der Waals surface area (Å²) in [5.74, 6) is 1.77. The molecule has 0 bridgehead atoms. The molecule has 0 aliphatic carbocycles. The fourth-order valence-corrected chi connectivity index (χ4v) is 2.47. The van der Waals surface area contributed by atoms with E-state index in [9.17, 15) is 0 Å². The zero-order valence-corrected chi connectivity index (χ0v) is 12.3. The normalized spacial score (nSPS) is 15.4. The Hall–Kier alpha value is -2.29. The van der Waals surface area contributed by atoms with Gasteiger partial charge >= 0.3 is 0 Å². The van der Waals surface area contributed by atoms with E-state index in [0.717, 1.165) is 22.9 Å². The highest BCUT2D eigenvalue weighted by molar-refractivity contribution is 5.70. The third kappa shape index (κ3) is 2.05. The fourth-order valence-electron chi connectivity index (χ4n) is 2.47. The van der Waals surface area contributed by atoms with E-state index in [-0.39, 0.29) is 0 Å². The lowest BCUT2D eigenvalue weighted by Crippen LogP contribution is -2.35. The van der Waals surface area contributed by atoms with Gasteiger partial charge in [-0.2, -0.15) is 0 Å². The summed E-state index contributed by atoms with van der Waals surface area (Å²) in [5.41, 5.74) is 4.73. The molecule has 2 aromatic rings. The summed E-state index contributed by atoms with van der Waals surface area (Å²) in [4.78, 5) is 2.08. The van der Waals surface area contributed by atoms with Gasteiger partial charge in [-0.15, -0.1) is 0 Å². The number of hydrogen-bond acceptors (Lipinski definition) is 2. The molecule has 0 spiro atoms. The molecule has 20 heavy (non-hydrogen) atoms. The first-order valence-corrected chi connectivity index (χ1v) is 6.76. The second-order valence-electron chi connectivity index (χ2n) is 5.24. The summed E-state index contributed by atoms with van der Waals surface area (Å²) in [7, 11) is 4.11. The molecule has 0 amide bonds. The highest BCUT2D eigenvalue weighted by Gasteiger charge is 2.22. The highest BCUT2D eigenvalue weighted by Crippen LogP contribution is 2.37. The molecule has 0 radical (unpaired) electrons. The van der Waals surface area contributed by atoms with Crippen molar-refractivity contribution in [1.29, 1.82) is 0 Å². The minimum atomic E-state index is 0.860. The van der Waals surface area contributed by atoms with Crippen LogP contribution in [0.3, 0.4) is 0 Å². The third-order valence-electron chi connectivity index (χ3n) is 3.87. The van der Waals surface area contributed by atoms with Crippen molar-refractivity contribution in [2.24, 2.45) is 7.05 Å². The summed E-state index contributed by atoms with van der Waals surface area (Å²) in [6.07, 6.45) is 2.08. The van der Waals surface area contributed by atoms with E-state index >= 15 is 0 Å². The Morgan fingerprint density at radius 1 is 1.10 bits per heavy atom. The van der Waals surface area contributed by atoms with Gasteiger partial charge in [0.25, 0.3) is 0 Å². The number of para-hydroxylation sites is 2. The van der Waals surface area contributed by atoms with Gasteiger partial charge in [0.15, 0.2) is 17.1 Å². The third-order valence-corrected chi connectivity index (χ3v) is 3.87. The molecule has 0 saturated heterocycles. The summed E-state index contributed by atoms with van der Waals surface area (Å²) >= 11 is 0. The van der Waals surface area contributed by atoms with Crippen LogP contribution in [0.2, 0.25) is 0 Å². The summed E-state index contributed by atoms with van der Waals surface area (Å²) < 4.78 is 8.09. The van der Waals surface area contributed by atoms with Gasteiger partial charge in [-0.1, -0.05) is 12.1 Å². The average molecular weight is 267 g/mol. The Labute approximate surface area is 119 Å². The lowest BCUT2D eigenvalue weighted by atomic mass is 10.2. The highest BCUT2D eigenvalue weighted by atomic mass is 16.5. The molecule has 1 aromatic carbocycles. The van der Waals surface area contributed by atoms with E-state index in [1.807, 2.05) is 25.2 Å². The molecule has 0 fully saturated rings. The number of anilines is 1. The maximum atomic E-state index is 5.91. The van der Waals surface area contributed by atoms with Gasteiger partial charge in [-0.05, 0) is 17.7 Å². The van der Waals surface area contributed by atoms with E-state index in [0.29, 0.717) is 0 Å². The lowest BCUT2D eigenvalue weighted by molar-refractivity contribution is -0.683. The lowest BCUT2D eigenvalue weighted by Gasteiger charge is -2.11. The smallest absolute Gasteiger partial charge is 0.200 e. The Kier molecular flexibility index (Phi) is 2.97. The van der Waals surface area contributed by atoms with Crippen LogP contribution in [0.15, 0.2) is 42.3 Å². The van der Waals surface area contributed by atoms with Crippen LogP contribution in [0.1, 0.15) is 17.0 Å². The number of pyridine rings is 1. The summed E-state index contributed by atoms with van der Waals surface area (Å²) in [6.45, 7) is 4.23. The molecule has 0 atom stereocenters. The van der Waals surface area contributed by atoms with Gasteiger partial charge in [-0.3, -0.25) is 0 Å². The molecule has 1 aromatic heterocycles. The maximum Gasteiger partial charge on any atom is 0.200 e. The Morgan fingerprint density at radius 3 is 2.40 bits per heavy atom. The van der Waals surface area contributed by atoms with Gasteiger partial charge in [0.05, 0.1) is 5.69 Å². The standard InChI is InChI=1S/C17H19N2O/c1-12-9-14(10-13(2)18(12)3)11-17-19(4)15-7-5-6-8-16(15)20-17/h5-11H,1-4H3/q+1. The number of rotatable bonds is 1. The first-order valence-electron chi connectivity index (χ1n) is 6.76. The van der Waals surface area contributed by atoms with Crippen LogP contribution in [0.5, 0.6) is 5.75 Å². The fraction of sp³-hybridized carbons (Fsp3) is 0.235. The van der Waals surface area contributed by atoms with Crippen LogP contribution in [-0.2, 0) is 7.05 Å². The van der Waals surface area contributed by atoms with E-state index in [1.165, 1.54) is 11.4 Å². The molecular formula is C17H19N2O+. The molecule has 2 heterocycles. The number of aromatic nitrogens is 1. The van der Waals surface area contributed by atoms with Gasteiger partial charge < -0.3 is 9.64 Å². The van der Waals surface area contributed by atoms with Crippen LogP contribution < -0.4 is 14.2 Å². The molecule has 1 aliphatic heterocycles. The van der Waals surface area contributed by atoms with E-state index in [2.05, 4.69) is 54.6 Å². The number of benzene rings is 1. The van der Waals surface area contributed by atoms with Crippen molar-refractivity contribution in [1.82, 2.24) is 0 Å². The van der Waals surface area contributed by atoms with Crippen LogP contribution in [0.25, 0.3) is 6.08 Å². The molecule has 0 N–H and O–H groups in total. The number of ether oxygens (including phenoxy) is 1. The van der Waals surface area contributed by atoms with Crippen molar-refractivity contribution in [3.63, 3.8) is 0 Å². The van der Waals surface area contributed by atoms with Crippen molar-refractivity contribution in [3.8, 4) is 5.75 Å². The first-order chi connectivity index (χ1) is 9.56. The van der Waals surface area contributed by atoms with Gasteiger partial charge in [0.1, 0.15) is 7.05 Å². The number of fused-ring (bicyclic) bond motifs is 1. The SMILES string of the molecule is Cc1cc(/C=C2\Oc3ccccc3N2C)cc(C)[n+]1C. The van der Waals surface area contributed by atoms with Crippen LogP contribution in [0.4, 0.5) is 5.69 Å². The quantitative estimate of drug-likeness (QED) is 0.739. The second kappa shape index (κ2) is 4.67. The zero-order valence-electron chi connectivity index (χ0n) is 12.3. The van der Waals surface area contributed by atoms with Gasteiger partial charge in [0.2, 0.25) is 5.88 Å². The molecule has 3 rings (SSSR count). The van der Waals surface area contributed by atoms with Crippen molar-refractivity contribution in [3.05, 3.63) is 59.2 Å². The molecule has 1 aliphatic rings. The van der Waals surface area contributed by atoms with E-state index in [1.54, 1.807) is 0 Å². The molecule has 0 unspecified atom stereocenters. The summed E-state index contributed by atoms with van der Waals surface area (Å²) in [5, 5.41) is 0. The Balaban J connectivity index is 1.99. The largest absolute Gasteiger partial charge is 0.439 e. The van der Waals surface area contributed by atoms with Crippen LogP contribution in [-0.4, -0.2) is 7.05 Å². The maximum absolute atomic E-state index is 5.91. The number of aryl methyl sites for hydroxylation is 2. The second-order valence-corrected chi connectivity index (χ2v) is 5.24. The van der Waals surface area contributed by atoms with Crippen molar-refractivity contribution in [2.45, 2.75) is 13.8 Å². The molecule has 3 nitrogen and oxygen atoms in total. The van der Waals surface area contributed by atoms with Gasteiger partial charge in [0, 0.05) is 39.1 Å². The predicted molar refractivity (Wildman–Crippen MR) is 80.5 cm³/mol. The molecular weight excluding hydrogens is 248 g/mol. The average Bonchev–Trinajstić information content (AvgIpc) is 2.73. The minimum Gasteiger partial charge on any atom is -0.439 e. The minimum absolute atomic E-state index is 0.860. The summed E-state index contributed by atoms with van der Waals surface area (Å²) in [6, 6.07) is 12.4. The Bertz CT molecular complexity index is 681. The van der Waals surface area contributed by atoms with Crippen molar-refractivity contribution < 1.29 is 9.30 Å². The zero-order chi connectivity index (χ0) is 14.3. The molecule has 3 heteroatoms. The van der Waals surface area contributed by atoms with Crippen molar-refractivity contribution >= 4 is 11.8 Å². The topological polar surface area (TPSA) is 16.4 Å². The van der Waals surface area contributed by atoms with Gasteiger partial charge in [-0.25, -0.2) is 4.57 Å². The van der Waals surface area contributed by atoms with Crippen LogP contribution in [0, 0.1) is 13.8 Å². The molecule has 102 valence electrons. The predicted octanol–water partition coefficient (Wildman–Crippen LogP) is 2.96. The van der Waals surface area contributed by atoms with Crippen LogP contribution >= 0.6 is 0 Å². The number of nitrogens with zero attached hydrogens (tertiary/aromatic N) is 2.